The van der Waals surface area contributed by atoms with Gasteiger partial charge in [0.05, 0.1) is 17.1 Å². The highest BCUT2D eigenvalue weighted by Gasteiger charge is 2.24. The minimum atomic E-state index is -0.518. The summed E-state index contributed by atoms with van der Waals surface area (Å²) >= 11 is 3.15. The van der Waals surface area contributed by atoms with E-state index < -0.39 is 4.92 Å². The van der Waals surface area contributed by atoms with E-state index in [0.717, 1.165) is 0 Å². The van der Waals surface area contributed by atoms with Crippen molar-refractivity contribution in [3.05, 3.63) is 38.3 Å². The van der Waals surface area contributed by atoms with Gasteiger partial charge in [-0.25, -0.2) is 0 Å². The van der Waals surface area contributed by atoms with Gasteiger partial charge in [0.25, 0.3) is 11.6 Å². The van der Waals surface area contributed by atoms with Crippen molar-refractivity contribution in [1.82, 2.24) is 4.90 Å². The maximum Gasteiger partial charge on any atom is 0.284 e. The third-order valence-electron chi connectivity index (χ3n) is 2.83. The zero-order chi connectivity index (χ0) is 15.3. The number of hydrogen-bond acceptors (Lipinski definition) is 4. The number of halogens is 1. The Hall–Kier alpha value is -1.47. The number of methoxy groups -OCH3 is 1. The summed E-state index contributed by atoms with van der Waals surface area (Å²) in [7, 11) is 1.56. The molecule has 0 aromatic heterocycles. The molecule has 0 radical (unpaired) electrons. The van der Waals surface area contributed by atoms with Gasteiger partial charge in [0.1, 0.15) is 4.47 Å². The molecule has 0 aliphatic heterocycles. The van der Waals surface area contributed by atoms with Crippen LogP contribution in [0.5, 0.6) is 0 Å². The number of hydrogen-bond donors (Lipinski definition) is 0. The Morgan fingerprint density at radius 1 is 1.50 bits per heavy atom. The Labute approximate surface area is 126 Å². The van der Waals surface area contributed by atoms with E-state index >= 15 is 0 Å². The van der Waals surface area contributed by atoms with Crippen LogP contribution < -0.4 is 0 Å². The molecule has 0 saturated heterocycles. The van der Waals surface area contributed by atoms with Crippen molar-refractivity contribution in [3.63, 3.8) is 0 Å². The van der Waals surface area contributed by atoms with E-state index in [0.29, 0.717) is 13.2 Å². The van der Waals surface area contributed by atoms with Gasteiger partial charge < -0.3 is 9.64 Å². The standard InChI is InChI=1S/C13H17BrN2O4/c1-9(2)15(7-8-20-3)13(17)10-5-4-6-11(12(10)14)16(18)19/h4-6,9H,7-8H2,1-3H3. The minimum Gasteiger partial charge on any atom is -0.383 e. The fraction of sp³-hybridized carbons (Fsp3) is 0.462. The largest absolute Gasteiger partial charge is 0.383 e. The molecule has 0 spiro atoms. The molecular formula is C13H17BrN2O4. The highest BCUT2D eigenvalue weighted by atomic mass is 79.9. The number of rotatable bonds is 6. The fourth-order valence-corrected chi connectivity index (χ4v) is 2.34. The van der Waals surface area contributed by atoms with Gasteiger partial charge in [0.2, 0.25) is 0 Å². The topological polar surface area (TPSA) is 72.7 Å². The number of nitro groups is 1. The van der Waals surface area contributed by atoms with Crippen molar-refractivity contribution in [2.24, 2.45) is 0 Å². The Bertz CT molecular complexity index is 505. The van der Waals surface area contributed by atoms with Crippen LogP contribution in [0.4, 0.5) is 5.69 Å². The van der Waals surface area contributed by atoms with Gasteiger partial charge in [-0.2, -0.15) is 0 Å². The Balaban J connectivity index is 3.12. The van der Waals surface area contributed by atoms with E-state index in [4.69, 9.17) is 4.74 Å². The van der Waals surface area contributed by atoms with E-state index in [1.807, 2.05) is 13.8 Å². The van der Waals surface area contributed by atoms with Crippen LogP contribution in [-0.2, 0) is 4.74 Å². The monoisotopic (exact) mass is 344 g/mol. The highest BCUT2D eigenvalue weighted by molar-refractivity contribution is 9.10. The lowest BCUT2D eigenvalue weighted by Crippen LogP contribution is -2.39. The van der Waals surface area contributed by atoms with Gasteiger partial charge in [-0.1, -0.05) is 6.07 Å². The third kappa shape index (κ3) is 3.77. The van der Waals surface area contributed by atoms with Gasteiger partial charge in [-0.15, -0.1) is 0 Å². The lowest BCUT2D eigenvalue weighted by Gasteiger charge is -2.26. The molecule has 0 saturated carbocycles. The smallest absolute Gasteiger partial charge is 0.284 e. The van der Waals surface area contributed by atoms with Crippen molar-refractivity contribution in [2.45, 2.75) is 19.9 Å². The average Bonchev–Trinajstić information content (AvgIpc) is 2.38. The Kier molecular flexibility index (Phi) is 6.09. The number of nitro benzene ring substituents is 1. The first kappa shape index (κ1) is 16.6. The average molecular weight is 345 g/mol. The molecule has 110 valence electrons. The van der Waals surface area contributed by atoms with Gasteiger partial charge in [-0.05, 0) is 35.8 Å². The summed E-state index contributed by atoms with van der Waals surface area (Å²) in [6, 6.07) is 4.41. The van der Waals surface area contributed by atoms with Crippen LogP contribution in [0.15, 0.2) is 22.7 Å². The second kappa shape index (κ2) is 7.35. The maximum absolute atomic E-state index is 12.5. The zero-order valence-electron chi connectivity index (χ0n) is 11.6. The zero-order valence-corrected chi connectivity index (χ0v) is 13.2. The summed E-state index contributed by atoms with van der Waals surface area (Å²) in [4.78, 5) is 24.5. The molecule has 0 N–H and O–H groups in total. The van der Waals surface area contributed by atoms with E-state index in [1.54, 1.807) is 18.1 Å². The summed E-state index contributed by atoms with van der Waals surface area (Å²) in [5.74, 6) is -0.257. The van der Waals surface area contributed by atoms with Crippen molar-refractivity contribution in [1.29, 1.82) is 0 Å². The number of nitrogens with zero attached hydrogens (tertiary/aromatic N) is 2. The first-order valence-electron chi connectivity index (χ1n) is 6.13. The molecule has 0 bridgehead atoms. The van der Waals surface area contributed by atoms with Crippen LogP contribution in [0.1, 0.15) is 24.2 Å². The molecule has 1 aromatic carbocycles. The summed E-state index contributed by atoms with van der Waals surface area (Å²) in [6.07, 6.45) is 0. The van der Waals surface area contributed by atoms with Crippen molar-refractivity contribution in [3.8, 4) is 0 Å². The van der Waals surface area contributed by atoms with E-state index in [9.17, 15) is 14.9 Å². The summed E-state index contributed by atoms with van der Waals surface area (Å²) in [6.45, 7) is 4.62. The van der Waals surface area contributed by atoms with Gasteiger partial charge in [0, 0.05) is 25.8 Å². The Morgan fingerprint density at radius 3 is 2.65 bits per heavy atom. The van der Waals surface area contributed by atoms with Crippen LogP contribution in [-0.4, -0.2) is 42.0 Å². The number of carbonyl (C=O) groups excluding carboxylic acids is 1. The number of carbonyl (C=O) groups is 1. The summed E-state index contributed by atoms with van der Waals surface area (Å²) in [5.41, 5.74) is 0.162. The van der Waals surface area contributed by atoms with Crippen LogP contribution in [0.25, 0.3) is 0 Å². The molecular weight excluding hydrogens is 328 g/mol. The second-order valence-electron chi connectivity index (χ2n) is 4.48. The molecule has 1 amide bonds. The highest BCUT2D eigenvalue weighted by Crippen LogP contribution is 2.29. The molecule has 0 heterocycles. The van der Waals surface area contributed by atoms with Gasteiger partial charge in [-0.3, -0.25) is 14.9 Å². The number of benzene rings is 1. The van der Waals surface area contributed by atoms with E-state index in [1.165, 1.54) is 12.1 Å². The molecule has 0 atom stereocenters. The Morgan fingerprint density at radius 2 is 2.15 bits per heavy atom. The molecule has 7 heteroatoms. The molecule has 1 aromatic rings. The third-order valence-corrected chi connectivity index (χ3v) is 3.66. The first-order valence-corrected chi connectivity index (χ1v) is 6.92. The predicted molar refractivity (Wildman–Crippen MR) is 78.8 cm³/mol. The van der Waals surface area contributed by atoms with Crippen LogP contribution >= 0.6 is 15.9 Å². The lowest BCUT2D eigenvalue weighted by atomic mass is 10.1. The van der Waals surface area contributed by atoms with Gasteiger partial charge in [0.15, 0.2) is 0 Å². The molecule has 0 unspecified atom stereocenters. The SMILES string of the molecule is COCCN(C(=O)c1cccc([N+](=O)[O-])c1Br)C(C)C. The van der Waals surface area contributed by atoms with Crippen molar-refractivity contribution >= 4 is 27.5 Å². The number of ether oxygens (including phenoxy) is 1. The van der Waals surface area contributed by atoms with Crippen molar-refractivity contribution in [2.75, 3.05) is 20.3 Å². The fourth-order valence-electron chi connectivity index (χ4n) is 1.76. The number of amides is 1. The second-order valence-corrected chi connectivity index (χ2v) is 5.27. The molecule has 1 rings (SSSR count). The molecule has 0 fully saturated rings. The molecule has 0 aliphatic carbocycles. The lowest BCUT2D eigenvalue weighted by molar-refractivity contribution is -0.385. The van der Waals surface area contributed by atoms with E-state index in [-0.39, 0.29) is 27.7 Å². The van der Waals surface area contributed by atoms with E-state index in [2.05, 4.69) is 15.9 Å². The predicted octanol–water partition coefficient (Wildman–Crippen LogP) is 2.85. The van der Waals surface area contributed by atoms with Crippen LogP contribution in [0.3, 0.4) is 0 Å². The van der Waals surface area contributed by atoms with Crippen molar-refractivity contribution < 1.29 is 14.5 Å². The molecule has 20 heavy (non-hydrogen) atoms. The maximum atomic E-state index is 12.5. The van der Waals surface area contributed by atoms with Crippen LogP contribution in [0.2, 0.25) is 0 Å². The molecule has 0 aliphatic rings. The first-order chi connectivity index (χ1) is 9.40. The normalized spacial score (nSPS) is 10.7. The summed E-state index contributed by atoms with van der Waals surface area (Å²) in [5, 5.41) is 10.9. The molecule has 6 nitrogen and oxygen atoms in total. The van der Waals surface area contributed by atoms with Gasteiger partial charge >= 0.3 is 0 Å². The quantitative estimate of drug-likeness (QED) is 0.587. The van der Waals surface area contributed by atoms with Crippen LogP contribution in [0, 0.1) is 10.1 Å². The summed E-state index contributed by atoms with van der Waals surface area (Å²) < 4.78 is 5.19. The minimum absolute atomic E-state index is 0.0242.